The molecular formula is C20H32O4. The van der Waals surface area contributed by atoms with E-state index in [0.29, 0.717) is 18.9 Å². The number of allylic oxidation sites excluding steroid dienone is 4. The fraction of sp³-hybridized carbons (Fsp3) is 0.650. The van der Waals surface area contributed by atoms with Gasteiger partial charge >= 0.3 is 5.97 Å². The van der Waals surface area contributed by atoms with Crippen molar-refractivity contribution in [2.75, 3.05) is 6.61 Å². The molecule has 0 aromatic rings. The molecule has 24 heavy (non-hydrogen) atoms. The highest BCUT2D eigenvalue weighted by atomic mass is 16.5. The molecule has 0 N–H and O–H groups in total. The summed E-state index contributed by atoms with van der Waals surface area (Å²) < 4.78 is 5.30. The lowest BCUT2D eigenvalue weighted by Crippen LogP contribution is -2.12. The maximum absolute atomic E-state index is 11.8. The molecule has 4 heteroatoms. The Labute approximate surface area is 146 Å². The van der Waals surface area contributed by atoms with E-state index in [2.05, 4.69) is 6.92 Å². The minimum Gasteiger partial charge on any atom is -0.466 e. The largest absolute Gasteiger partial charge is 0.466 e. The third-order valence-corrected chi connectivity index (χ3v) is 4.01. The van der Waals surface area contributed by atoms with Crippen LogP contribution in [0.3, 0.4) is 0 Å². The zero-order chi connectivity index (χ0) is 18.4. The molecule has 0 rings (SSSR count). The molecule has 0 saturated heterocycles. The Kier molecular flexibility index (Phi) is 12.7. The maximum Gasteiger partial charge on any atom is 0.306 e. The summed E-state index contributed by atoms with van der Waals surface area (Å²) in [5.74, 6) is 0.562. The molecule has 0 aliphatic carbocycles. The minimum atomic E-state index is -0.150. The average Bonchev–Trinajstić information content (AvgIpc) is 2.54. The van der Waals surface area contributed by atoms with Gasteiger partial charge < -0.3 is 4.74 Å². The van der Waals surface area contributed by atoms with Gasteiger partial charge in [-0.3, -0.25) is 14.4 Å². The Balaban J connectivity index is 3.81. The van der Waals surface area contributed by atoms with Gasteiger partial charge in [0.1, 0.15) is 12.6 Å². The van der Waals surface area contributed by atoms with E-state index in [4.69, 9.17) is 4.74 Å². The normalized spacial score (nSPS) is 14.8. The van der Waals surface area contributed by atoms with Gasteiger partial charge in [-0.05, 0) is 68.9 Å². The zero-order valence-electron chi connectivity index (χ0n) is 15.5. The molecule has 0 aliphatic rings. The Bertz CT molecular complexity index is 449. The van der Waals surface area contributed by atoms with Crippen molar-refractivity contribution in [1.82, 2.24) is 0 Å². The lowest BCUT2D eigenvalue weighted by molar-refractivity contribution is -0.145. The molecule has 0 radical (unpaired) electrons. The zero-order valence-corrected chi connectivity index (χ0v) is 15.5. The highest BCUT2D eigenvalue weighted by Gasteiger charge is 2.10. The number of hydrogen-bond donors (Lipinski definition) is 0. The van der Waals surface area contributed by atoms with Crippen molar-refractivity contribution in [3.05, 3.63) is 23.3 Å². The fourth-order valence-corrected chi connectivity index (χ4v) is 2.25. The summed E-state index contributed by atoms with van der Waals surface area (Å²) in [7, 11) is 0. The molecule has 0 amide bonds. The molecule has 0 unspecified atom stereocenters. The number of carbonyl (C=O) groups excluding carboxylic acids is 3. The molecule has 0 aromatic heterocycles. The van der Waals surface area contributed by atoms with Crippen LogP contribution in [0.25, 0.3) is 0 Å². The second-order valence-corrected chi connectivity index (χ2v) is 6.71. The molecule has 0 spiro atoms. The van der Waals surface area contributed by atoms with Crippen LogP contribution in [-0.4, -0.2) is 25.1 Å². The molecule has 4 nitrogen and oxygen atoms in total. The Morgan fingerprint density at radius 2 is 1.38 bits per heavy atom. The monoisotopic (exact) mass is 336 g/mol. The predicted octanol–water partition coefficient (Wildman–Crippen LogP) is 4.43. The third kappa shape index (κ3) is 12.8. The minimum absolute atomic E-state index is 0.150. The van der Waals surface area contributed by atoms with Gasteiger partial charge in [0.05, 0.1) is 6.61 Å². The van der Waals surface area contributed by atoms with E-state index in [1.165, 1.54) is 0 Å². The summed E-state index contributed by atoms with van der Waals surface area (Å²) in [6.07, 6.45) is 10.4. The second kappa shape index (κ2) is 13.7. The van der Waals surface area contributed by atoms with E-state index >= 15 is 0 Å². The maximum atomic E-state index is 11.8. The van der Waals surface area contributed by atoms with Crippen LogP contribution in [0, 0.1) is 11.8 Å². The molecule has 0 fully saturated rings. The quantitative estimate of drug-likeness (QED) is 0.283. The van der Waals surface area contributed by atoms with Crippen molar-refractivity contribution in [1.29, 1.82) is 0 Å². The summed E-state index contributed by atoms with van der Waals surface area (Å²) in [5.41, 5.74) is 1.50. The summed E-state index contributed by atoms with van der Waals surface area (Å²) in [6.45, 7) is 8.19. The number of rotatable bonds is 13. The highest BCUT2D eigenvalue weighted by Crippen LogP contribution is 2.14. The Morgan fingerprint density at radius 1 is 0.875 bits per heavy atom. The number of aldehydes is 2. The van der Waals surface area contributed by atoms with Crippen LogP contribution in [0.15, 0.2) is 23.3 Å². The fourth-order valence-electron chi connectivity index (χ4n) is 2.25. The van der Waals surface area contributed by atoms with Gasteiger partial charge in [0.2, 0.25) is 0 Å². The van der Waals surface area contributed by atoms with Crippen LogP contribution in [0.5, 0.6) is 0 Å². The number of ether oxygens (including phenoxy) is 1. The van der Waals surface area contributed by atoms with E-state index in [1.807, 2.05) is 19.1 Å². The Hall–Kier alpha value is -1.71. The predicted molar refractivity (Wildman–Crippen MR) is 96.6 cm³/mol. The summed E-state index contributed by atoms with van der Waals surface area (Å²) in [6, 6.07) is 0. The molecule has 0 aliphatic heterocycles. The van der Waals surface area contributed by atoms with E-state index in [1.54, 1.807) is 13.8 Å². The van der Waals surface area contributed by atoms with Crippen molar-refractivity contribution in [2.45, 2.75) is 66.2 Å². The van der Waals surface area contributed by atoms with Gasteiger partial charge in [-0.15, -0.1) is 0 Å². The van der Waals surface area contributed by atoms with Crippen LogP contribution < -0.4 is 0 Å². The van der Waals surface area contributed by atoms with Gasteiger partial charge in [0, 0.05) is 6.42 Å². The van der Waals surface area contributed by atoms with Crippen molar-refractivity contribution in [2.24, 2.45) is 11.8 Å². The number of carbonyl (C=O) groups is 3. The molecule has 2 atom stereocenters. The molecule has 0 heterocycles. The van der Waals surface area contributed by atoms with Crippen LogP contribution >= 0.6 is 0 Å². The van der Waals surface area contributed by atoms with E-state index in [9.17, 15) is 14.4 Å². The number of esters is 1. The van der Waals surface area contributed by atoms with Crippen molar-refractivity contribution < 1.29 is 19.1 Å². The SMILES string of the molecule is C/C(C=O)=C\CC[C@H](C)CCOC(=O)C[C@@H](C)CC/C=C(\C)C=O. The molecule has 136 valence electrons. The van der Waals surface area contributed by atoms with Crippen molar-refractivity contribution in [3.63, 3.8) is 0 Å². The first-order valence-corrected chi connectivity index (χ1v) is 8.78. The smallest absolute Gasteiger partial charge is 0.306 e. The molecule has 0 bridgehead atoms. The van der Waals surface area contributed by atoms with Crippen LogP contribution in [0.2, 0.25) is 0 Å². The molecular weight excluding hydrogens is 304 g/mol. The number of hydrogen-bond acceptors (Lipinski definition) is 4. The van der Waals surface area contributed by atoms with Crippen LogP contribution in [-0.2, 0) is 19.1 Å². The van der Waals surface area contributed by atoms with E-state index in [-0.39, 0.29) is 11.9 Å². The molecule has 0 aromatic carbocycles. The highest BCUT2D eigenvalue weighted by molar-refractivity contribution is 5.72. The summed E-state index contributed by atoms with van der Waals surface area (Å²) in [4.78, 5) is 32.8. The Morgan fingerprint density at radius 3 is 1.88 bits per heavy atom. The first-order valence-electron chi connectivity index (χ1n) is 8.78. The van der Waals surface area contributed by atoms with E-state index in [0.717, 1.165) is 55.8 Å². The topological polar surface area (TPSA) is 60.4 Å². The van der Waals surface area contributed by atoms with Gasteiger partial charge in [-0.2, -0.15) is 0 Å². The van der Waals surface area contributed by atoms with Crippen LogP contribution in [0.1, 0.15) is 66.2 Å². The van der Waals surface area contributed by atoms with Crippen LogP contribution in [0.4, 0.5) is 0 Å². The lowest BCUT2D eigenvalue weighted by Gasteiger charge is -2.12. The lowest BCUT2D eigenvalue weighted by atomic mass is 10.0. The second-order valence-electron chi connectivity index (χ2n) is 6.71. The van der Waals surface area contributed by atoms with Crippen molar-refractivity contribution >= 4 is 18.5 Å². The third-order valence-electron chi connectivity index (χ3n) is 4.01. The summed E-state index contributed by atoms with van der Waals surface area (Å²) in [5, 5.41) is 0. The van der Waals surface area contributed by atoms with Gasteiger partial charge in [0.15, 0.2) is 0 Å². The first-order chi connectivity index (χ1) is 11.4. The summed E-state index contributed by atoms with van der Waals surface area (Å²) >= 11 is 0. The average molecular weight is 336 g/mol. The van der Waals surface area contributed by atoms with Gasteiger partial charge in [-0.1, -0.05) is 26.0 Å². The van der Waals surface area contributed by atoms with Crippen molar-refractivity contribution in [3.8, 4) is 0 Å². The van der Waals surface area contributed by atoms with Gasteiger partial charge in [0.25, 0.3) is 0 Å². The standard InChI is InChI=1S/C20H32O4/c1-16(7-5-9-18(3)14-21)11-12-24-20(23)13-17(2)8-6-10-19(4)15-22/h9-10,14-17H,5-8,11-13H2,1-4H3/b18-9+,19-10+/t16-,17-/m0/s1. The van der Waals surface area contributed by atoms with E-state index < -0.39 is 0 Å². The first kappa shape index (κ1) is 22.3. The van der Waals surface area contributed by atoms with Gasteiger partial charge in [-0.25, -0.2) is 0 Å². The molecule has 0 saturated carbocycles.